The van der Waals surface area contributed by atoms with Crippen LogP contribution in [0.25, 0.3) is 6.08 Å². The molecule has 0 aliphatic heterocycles. The zero-order chi connectivity index (χ0) is 17.0. The Morgan fingerprint density at radius 1 is 1.22 bits per heavy atom. The maximum atomic E-state index is 12.1. The van der Waals surface area contributed by atoms with Gasteiger partial charge >= 0.3 is 0 Å². The van der Waals surface area contributed by atoms with Gasteiger partial charge in [0.05, 0.1) is 11.1 Å². The smallest absolute Gasteiger partial charge is 0.265 e. The number of halogens is 1. The second-order valence-electron chi connectivity index (χ2n) is 4.94. The molecule has 1 heterocycles. The lowest BCUT2D eigenvalue weighted by molar-refractivity contribution is 0.0981. The second kappa shape index (κ2) is 6.93. The fourth-order valence-electron chi connectivity index (χ4n) is 1.92. The van der Waals surface area contributed by atoms with E-state index in [0.29, 0.717) is 16.3 Å². The first-order valence-electron chi connectivity index (χ1n) is 6.72. The van der Waals surface area contributed by atoms with Gasteiger partial charge in [-0.25, -0.2) is 13.1 Å². The summed E-state index contributed by atoms with van der Waals surface area (Å²) in [6.07, 6.45) is 1.33. The summed E-state index contributed by atoms with van der Waals surface area (Å²) in [7, 11) is -3.92. The van der Waals surface area contributed by atoms with Crippen molar-refractivity contribution in [2.75, 3.05) is 0 Å². The highest BCUT2D eigenvalue weighted by atomic mass is 35.5. The van der Waals surface area contributed by atoms with Gasteiger partial charge in [-0.05, 0) is 55.8 Å². The summed E-state index contributed by atoms with van der Waals surface area (Å²) < 4.78 is 25.9. The predicted octanol–water partition coefficient (Wildman–Crippen LogP) is 3.08. The highest BCUT2D eigenvalue weighted by molar-refractivity contribution is 7.93. The molecule has 23 heavy (non-hydrogen) atoms. The number of aryl methyl sites for hydroxylation is 2. The zero-order valence-corrected chi connectivity index (χ0v) is 14.1. The lowest BCUT2D eigenvalue weighted by atomic mass is 10.1. The largest absolute Gasteiger partial charge is 0.268 e. The van der Waals surface area contributed by atoms with E-state index >= 15 is 0 Å². The van der Waals surface area contributed by atoms with Crippen molar-refractivity contribution in [1.29, 1.82) is 0 Å². The number of carbonyl (C=O) groups is 1. The molecule has 1 amide bonds. The van der Waals surface area contributed by atoms with Gasteiger partial charge in [-0.1, -0.05) is 17.7 Å². The van der Waals surface area contributed by atoms with Crippen LogP contribution in [0.1, 0.15) is 27.3 Å². The lowest BCUT2D eigenvalue weighted by Crippen LogP contribution is -2.29. The van der Waals surface area contributed by atoms with E-state index in [9.17, 15) is 13.2 Å². The fourth-order valence-corrected chi connectivity index (χ4v) is 2.90. The fraction of sp³-hybridized carbons (Fsp3) is 0.125. The van der Waals surface area contributed by atoms with Crippen LogP contribution >= 0.6 is 11.6 Å². The van der Waals surface area contributed by atoms with Crippen LogP contribution in [0.4, 0.5) is 0 Å². The van der Waals surface area contributed by atoms with E-state index in [1.165, 1.54) is 18.2 Å². The molecule has 0 radical (unpaired) electrons. The molecule has 1 aromatic heterocycles. The number of rotatable bonds is 4. The first kappa shape index (κ1) is 17.2. The van der Waals surface area contributed by atoms with Crippen molar-refractivity contribution in [1.82, 2.24) is 9.71 Å². The summed E-state index contributed by atoms with van der Waals surface area (Å²) in [5.74, 6) is -0.707. The van der Waals surface area contributed by atoms with Crippen LogP contribution in [-0.4, -0.2) is 19.3 Å². The van der Waals surface area contributed by atoms with Crippen LogP contribution in [0.3, 0.4) is 0 Å². The molecule has 0 atom stereocenters. The monoisotopic (exact) mass is 350 g/mol. The zero-order valence-electron chi connectivity index (χ0n) is 12.6. The van der Waals surface area contributed by atoms with Crippen molar-refractivity contribution in [3.8, 4) is 0 Å². The molecule has 0 unspecified atom stereocenters. The summed E-state index contributed by atoms with van der Waals surface area (Å²) in [6.45, 7) is 3.48. The first-order chi connectivity index (χ1) is 10.8. The number of nitrogens with zero attached hydrogens (tertiary/aromatic N) is 1. The minimum absolute atomic E-state index is 0.250. The number of sulfonamides is 1. The summed E-state index contributed by atoms with van der Waals surface area (Å²) in [5, 5.41) is 1.39. The van der Waals surface area contributed by atoms with Gasteiger partial charge in [0, 0.05) is 16.3 Å². The predicted molar refractivity (Wildman–Crippen MR) is 90.6 cm³/mol. The van der Waals surface area contributed by atoms with Crippen LogP contribution < -0.4 is 4.72 Å². The van der Waals surface area contributed by atoms with Gasteiger partial charge in [0.25, 0.3) is 15.9 Å². The summed E-state index contributed by atoms with van der Waals surface area (Å²) in [5.41, 5.74) is 2.10. The SMILES string of the molecule is Cc1cccc(C=CS(=O)(=O)NC(=O)c2ccc(Cl)cc2C)n1. The molecule has 0 spiro atoms. The van der Waals surface area contributed by atoms with Crippen LogP contribution in [0.15, 0.2) is 41.8 Å². The number of carbonyl (C=O) groups excluding carboxylic acids is 1. The molecule has 0 saturated heterocycles. The van der Waals surface area contributed by atoms with E-state index in [4.69, 9.17) is 11.6 Å². The normalized spacial score (nSPS) is 11.6. The molecule has 2 aromatic rings. The van der Waals surface area contributed by atoms with Gasteiger partial charge in [-0.15, -0.1) is 0 Å². The Bertz CT molecular complexity index is 877. The van der Waals surface area contributed by atoms with Crippen molar-refractivity contribution < 1.29 is 13.2 Å². The molecule has 0 aliphatic carbocycles. The Labute approximate surface area is 140 Å². The molecule has 0 fully saturated rings. The van der Waals surface area contributed by atoms with Crippen molar-refractivity contribution >= 4 is 33.6 Å². The number of amides is 1. The average molecular weight is 351 g/mol. The minimum atomic E-state index is -3.92. The molecule has 0 saturated carbocycles. The minimum Gasteiger partial charge on any atom is -0.268 e. The molecule has 5 nitrogen and oxygen atoms in total. The first-order valence-corrected chi connectivity index (χ1v) is 8.64. The maximum absolute atomic E-state index is 12.1. The number of aromatic nitrogens is 1. The van der Waals surface area contributed by atoms with Gasteiger partial charge in [0.15, 0.2) is 0 Å². The van der Waals surface area contributed by atoms with E-state index < -0.39 is 15.9 Å². The summed E-state index contributed by atoms with van der Waals surface area (Å²) >= 11 is 5.82. The highest BCUT2D eigenvalue weighted by Crippen LogP contribution is 2.15. The maximum Gasteiger partial charge on any atom is 0.265 e. The Hall–Kier alpha value is -2.18. The van der Waals surface area contributed by atoms with E-state index in [2.05, 4.69) is 4.98 Å². The van der Waals surface area contributed by atoms with Gasteiger partial charge in [-0.2, -0.15) is 0 Å². The Kier molecular flexibility index (Phi) is 5.18. The standard InChI is InChI=1S/C16H15ClN2O3S/c1-11-10-13(17)6-7-15(11)16(20)19-23(21,22)9-8-14-5-3-4-12(2)18-14/h3-10H,1-2H3,(H,19,20). The average Bonchev–Trinajstić information content (AvgIpc) is 2.44. The summed E-state index contributed by atoms with van der Waals surface area (Å²) in [6, 6.07) is 9.85. The lowest BCUT2D eigenvalue weighted by Gasteiger charge is -2.06. The number of hydrogen-bond donors (Lipinski definition) is 1. The van der Waals surface area contributed by atoms with Gasteiger partial charge < -0.3 is 0 Å². The van der Waals surface area contributed by atoms with E-state index in [0.717, 1.165) is 11.1 Å². The Balaban J connectivity index is 2.16. The molecule has 1 aromatic carbocycles. The van der Waals surface area contributed by atoms with Crippen molar-refractivity contribution in [3.63, 3.8) is 0 Å². The molecule has 2 rings (SSSR count). The quantitative estimate of drug-likeness (QED) is 0.919. The topological polar surface area (TPSA) is 76.1 Å². The van der Waals surface area contributed by atoms with Crippen LogP contribution in [0.2, 0.25) is 5.02 Å². The van der Waals surface area contributed by atoms with Crippen LogP contribution in [-0.2, 0) is 10.0 Å². The Morgan fingerprint density at radius 2 is 1.96 bits per heavy atom. The van der Waals surface area contributed by atoms with Crippen molar-refractivity contribution in [2.45, 2.75) is 13.8 Å². The number of pyridine rings is 1. The second-order valence-corrected chi connectivity index (χ2v) is 6.94. The van der Waals surface area contributed by atoms with E-state index in [-0.39, 0.29) is 5.56 Å². The third kappa shape index (κ3) is 4.91. The van der Waals surface area contributed by atoms with E-state index in [1.807, 2.05) is 4.72 Å². The van der Waals surface area contributed by atoms with Crippen LogP contribution in [0, 0.1) is 13.8 Å². The third-order valence-corrected chi connectivity index (χ3v) is 4.20. The molecule has 7 heteroatoms. The van der Waals surface area contributed by atoms with Gasteiger partial charge in [0.1, 0.15) is 0 Å². The number of nitrogens with one attached hydrogen (secondary N) is 1. The van der Waals surface area contributed by atoms with Gasteiger partial charge in [0.2, 0.25) is 0 Å². The molecular weight excluding hydrogens is 336 g/mol. The third-order valence-electron chi connectivity index (χ3n) is 3.00. The molecule has 0 bridgehead atoms. The van der Waals surface area contributed by atoms with Crippen molar-refractivity contribution in [2.24, 2.45) is 0 Å². The molecule has 0 aliphatic rings. The molecule has 1 N–H and O–H groups in total. The highest BCUT2D eigenvalue weighted by Gasteiger charge is 2.15. The number of benzene rings is 1. The van der Waals surface area contributed by atoms with Crippen molar-refractivity contribution in [3.05, 3.63) is 69.3 Å². The number of hydrogen-bond acceptors (Lipinski definition) is 4. The molecular formula is C16H15ClN2O3S. The molecule has 120 valence electrons. The van der Waals surface area contributed by atoms with E-state index in [1.54, 1.807) is 38.1 Å². The van der Waals surface area contributed by atoms with Crippen LogP contribution in [0.5, 0.6) is 0 Å². The van der Waals surface area contributed by atoms with Gasteiger partial charge in [-0.3, -0.25) is 9.78 Å². The Morgan fingerprint density at radius 3 is 2.61 bits per heavy atom. The summed E-state index contributed by atoms with van der Waals surface area (Å²) in [4.78, 5) is 16.2.